The zero-order chi connectivity index (χ0) is 14.4. The summed E-state index contributed by atoms with van der Waals surface area (Å²) in [6.45, 7) is 4.94. The summed E-state index contributed by atoms with van der Waals surface area (Å²) in [5.41, 5.74) is 3.25. The Kier molecular flexibility index (Phi) is 5.24. The zero-order valence-electron chi connectivity index (χ0n) is 12.1. The van der Waals surface area contributed by atoms with Crippen molar-refractivity contribution in [1.29, 1.82) is 0 Å². The van der Waals surface area contributed by atoms with Crippen LogP contribution in [0.25, 0.3) is 0 Å². The van der Waals surface area contributed by atoms with Gasteiger partial charge in [0.1, 0.15) is 5.82 Å². The number of rotatable bonds is 6. The molecule has 0 radical (unpaired) electrons. The first kappa shape index (κ1) is 14.7. The van der Waals surface area contributed by atoms with Gasteiger partial charge in [-0.2, -0.15) is 0 Å². The maximum absolute atomic E-state index is 13.8. The number of nitrogens with one attached hydrogen (secondary N) is 1. The van der Waals surface area contributed by atoms with Crippen molar-refractivity contribution in [3.63, 3.8) is 0 Å². The summed E-state index contributed by atoms with van der Waals surface area (Å²) < 4.78 is 13.8. The number of hydrogen-bond acceptors (Lipinski definition) is 2. The van der Waals surface area contributed by atoms with Gasteiger partial charge in [-0.05, 0) is 37.9 Å². The normalized spacial score (nSPS) is 12.3. The Morgan fingerprint density at radius 3 is 2.60 bits per heavy atom. The van der Waals surface area contributed by atoms with Gasteiger partial charge in [-0.1, -0.05) is 36.8 Å². The van der Waals surface area contributed by atoms with Crippen molar-refractivity contribution >= 4 is 0 Å². The van der Waals surface area contributed by atoms with Crippen molar-refractivity contribution in [3.05, 3.63) is 65.2 Å². The number of pyridine rings is 1. The summed E-state index contributed by atoms with van der Waals surface area (Å²) in [7, 11) is 0. The molecule has 1 aromatic heterocycles. The Bertz CT molecular complexity index is 537. The van der Waals surface area contributed by atoms with E-state index in [1.165, 1.54) is 17.3 Å². The quantitative estimate of drug-likeness (QED) is 0.865. The van der Waals surface area contributed by atoms with Crippen LogP contribution in [0.15, 0.2) is 42.7 Å². The lowest BCUT2D eigenvalue weighted by Crippen LogP contribution is -2.22. The van der Waals surface area contributed by atoms with Gasteiger partial charge in [0.15, 0.2) is 0 Å². The molecule has 1 atom stereocenters. The highest BCUT2D eigenvalue weighted by atomic mass is 19.1. The van der Waals surface area contributed by atoms with Gasteiger partial charge in [-0.25, -0.2) is 4.39 Å². The molecule has 2 nitrogen and oxygen atoms in total. The molecule has 0 spiro atoms. The van der Waals surface area contributed by atoms with E-state index in [1.807, 2.05) is 6.92 Å². The predicted octanol–water partition coefficient (Wildman–Crippen LogP) is 3.81. The van der Waals surface area contributed by atoms with Crippen LogP contribution in [0.2, 0.25) is 0 Å². The van der Waals surface area contributed by atoms with Crippen LogP contribution in [-0.2, 0) is 6.42 Å². The van der Waals surface area contributed by atoms with Crippen LogP contribution >= 0.6 is 0 Å². The standard InChI is InChI=1S/C17H21FN2/c1-3-20-17(15-10-11-19-12-16(15)18)9-8-14-6-4-13(2)5-7-14/h4-7,10-12,17,20H,3,8-9H2,1-2H3. The van der Waals surface area contributed by atoms with E-state index in [9.17, 15) is 4.39 Å². The molecule has 3 heteroatoms. The minimum absolute atomic E-state index is 0.0318. The zero-order valence-corrected chi connectivity index (χ0v) is 12.1. The van der Waals surface area contributed by atoms with E-state index in [1.54, 1.807) is 12.3 Å². The number of benzene rings is 1. The Labute approximate surface area is 120 Å². The molecule has 0 aliphatic heterocycles. The first-order chi connectivity index (χ1) is 9.70. The van der Waals surface area contributed by atoms with Gasteiger partial charge in [0, 0.05) is 17.8 Å². The fraction of sp³-hybridized carbons (Fsp3) is 0.353. The molecule has 1 heterocycles. The van der Waals surface area contributed by atoms with Crippen LogP contribution in [0.1, 0.15) is 36.1 Å². The molecule has 0 amide bonds. The summed E-state index contributed by atoms with van der Waals surface area (Å²) in [5, 5.41) is 3.35. The highest BCUT2D eigenvalue weighted by Crippen LogP contribution is 2.21. The number of nitrogens with zero attached hydrogens (tertiary/aromatic N) is 1. The molecule has 1 N–H and O–H groups in total. The number of halogens is 1. The van der Waals surface area contributed by atoms with Gasteiger partial charge in [0.25, 0.3) is 0 Å². The van der Waals surface area contributed by atoms with E-state index in [0.717, 1.165) is 19.4 Å². The van der Waals surface area contributed by atoms with Crippen LogP contribution in [0.3, 0.4) is 0 Å². The van der Waals surface area contributed by atoms with Gasteiger partial charge >= 0.3 is 0 Å². The van der Waals surface area contributed by atoms with E-state index in [2.05, 4.69) is 41.5 Å². The Hall–Kier alpha value is -1.74. The molecule has 0 bridgehead atoms. The second-order valence-electron chi connectivity index (χ2n) is 5.03. The topological polar surface area (TPSA) is 24.9 Å². The Morgan fingerprint density at radius 1 is 1.20 bits per heavy atom. The average molecular weight is 272 g/mol. The van der Waals surface area contributed by atoms with E-state index in [0.29, 0.717) is 5.56 Å². The number of hydrogen-bond donors (Lipinski definition) is 1. The minimum atomic E-state index is -0.234. The third kappa shape index (κ3) is 3.87. The van der Waals surface area contributed by atoms with Crippen molar-refractivity contribution < 1.29 is 4.39 Å². The monoisotopic (exact) mass is 272 g/mol. The third-order valence-electron chi connectivity index (χ3n) is 3.47. The maximum atomic E-state index is 13.8. The second kappa shape index (κ2) is 7.15. The third-order valence-corrected chi connectivity index (χ3v) is 3.47. The van der Waals surface area contributed by atoms with Gasteiger partial charge in [0.2, 0.25) is 0 Å². The molecule has 1 unspecified atom stereocenters. The lowest BCUT2D eigenvalue weighted by Gasteiger charge is -2.18. The molecule has 0 fully saturated rings. The molecule has 20 heavy (non-hydrogen) atoms. The van der Waals surface area contributed by atoms with Crippen molar-refractivity contribution in [2.24, 2.45) is 0 Å². The van der Waals surface area contributed by atoms with E-state index >= 15 is 0 Å². The highest BCUT2D eigenvalue weighted by Gasteiger charge is 2.14. The highest BCUT2D eigenvalue weighted by molar-refractivity contribution is 5.23. The molecule has 1 aromatic carbocycles. The molecule has 0 aliphatic carbocycles. The van der Waals surface area contributed by atoms with E-state index in [4.69, 9.17) is 0 Å². The van der Waals surface area contributed by atoms with Crippen molar-refractivity contribution in [1.82, 2.24) is 10.3 Å². The number of aryl methyl sites for hydroxylation is 2. The molecule has 106 valence electrons. The lowest BCUT2D eigenvalue weighted by molar-refractivity contribution is 0.483. The first-order valence-corrected chi connectivity index (χ1v) is 7.09. The predicted molar refractivity (Wildman–Crippen MR) is 80.1 cm³/mol. The van der Waals surface area contributed by atoms with Gasteiger partial charge in [0.05, 0.1) is 6.20 Å². The summed E-state index contributed by atoms with van der Waals surface area (Å²) in [6, 6.07) is 10.3. The van der Waals surface area contributed by atoms with Crippen molar-refractivity contribution in [2.45, 2.75) is 32.7 Å². The molecular formula is C17H21FN2. The van der Waals surface area contributed by atoms with Gasteiger partial charge < -0.3 is 5.32 Å². The summed E-state index contributed by atoms with van der Waals surface area (Å²) in [6.07, 6.45) is 4.73. The molecule has 0 saturated heterocycles. The van der Waals surface area contributed by atoms with Crippen LogP contribution in [0, 0.1) is 12.7 Å². The Balaban J connectivity index is 2.06. The summed E-state index contributed by atoms with van der Waals surface area (Å²) in [4.78, 5) is 3.81. The summed E-state index contributed by atoms with van der Waals surface area (Å²) >= 11 is 0. The molecule has 2 rings (SSSR count). The fourth-order valence-corrected chi connectivity index (χ4v) is 2.35. The van der Waals surface area contributed by atoms with Gasteiger partial charge in [-0.3, -0.25) is 4.98 Å². The fourth-order valence-electron chi connectivity index (χ4n) is 2.35. The van der Waals surface area contributed by atoms with Gasteiger partial charge in [-0.15, -0.1) is 0 Å². The maximum Gasteiger partial charge on any atom is 0.146 e. The smallest absolute Gasteiger partial charge is 0.146 e. The lowest BCUT2D eigenvalue weighted by atomic mass is 9.99. The van der Waals surface area contributed by atoms with Crippen LogP contribution in [-0.4, -0.2) is 11.5 Å². The molecule has 0 aliphatic rings. The second-order valence-corrected chi connectivity index (χ2v) is 5.03. The van der Waals surface area contributed by atoms with Crippen molar-refractivity contribution in [2.75, 3.05) is 6.54 Å². The van der Waals surface area contributed by atoms with Crippen LogP contribution < -0.4 is 5.32 Å². The molecule has 2 aromatic rings. The number of aromatic nitrogens is 1. The minimum Gasteiger partial charge on any atom is -0.310 e. The average Bonchev–Trinajstić information content (AvgIpc) is 2.46. The SMILES string of the molecule is CCNC(CCc1ccc(C)cc1)c1ccncc1F. The van der Waals surface area contributed by atoms with Crippen molar-refractivity contribution in [3.8, 4) is 0 Å². The first-order valence-electron chi connectivity index (χ1n) is 7.09. The Morgan fingerprint density at radius 2 is 1.95 bits per heavy atom. The van der Waals surface area contributed by atoms with Crippen LogP contribution in [0.4, 0.5) is 4.39 Å². The molecule has 0 saturated carbocycles. The van der Waals surface area contributed by atoms with E-state index < -0.39 is 0 Å². The van der Waals surface area contributed by atoms with E-state index in [-0.39, 0.29) is 11.9 Å². The molecular weight excluding hydrogens is 251 g/mol. The largest absolute Gasteiger partial charge is 0.310 e. The van der Waals surface area contributed by atoms with Crippen LogP contribution in [0.5, 0.6) is 0 Å². The summed E-state index contributed by atoms with van der Waals surface area (Å²) in [5.74, 6) is -0.234.